The van der Waals surface area contributed by atoms with E-state index in [1.807, 2.05) is 19.1 Å². The van der Waals surface area contributed by atoms with Crippen LogP contribution in [0.2, 0.25) is 5.02 Å². The van der Waals surface area contributed by atoms with Crippen LogP contribution in [-0.4, -0.2) is 14.8 Å². The molecule has 0 spiro atoms. The van der Waals surface area contributed by atoms with E-state index < -0.39 is 5.82 Å². The highest BCUT2D eigenvalue weighted by molar-refractivity contribution is 6.33. The Kier molecular flexibility index (Phi) is 3.35. The van der Waals surface area contributed by atoms with Crippen LogP contribution in [0, 0.1) is 12.7 Å². The second-order valence-electron chi connectivity index (χ2n) is 4.69. The van der Waals surface area contributed by atoms with Crippen molar-refractivity contribution in [2.24, 2.45) is 0 Å². The van der Waals surface area contributed by atoms with E-state index in [0.29, 0.717) is 22.8 Å². The van der Waals surface area contributed by atoms with Crippen molar-refractivity contribution in [3.05, 3.63) is 59.1 Å². The van der Waals surface area contributed by atoms with Crippen LogP contribution in [0.1, 0.15) is 5.56 Å². The van der Waals surface area contributed by atoms with Crippen molar-refractivity contribution in [1.29, 1.82) is 0 Å². The average Bonchev–Trinajstić information content (AvgIpc) is 2.81. The van der Waals surface area contributed by atoms with Crippen LogP contribution < -0.4 is 5.73 Å². The maximum atomic E-state index is 13.1. The molecular weight excluding hydrogens is 291 g/mol. The maximum Gasteiger partial charge on any atom is 0.153 e. The fraction of sp³-hybridized carbons (Fsp3) is 0.0667. The number of nitrogens with two attached hydrogens (primary N) is 1. The van der Waals surface area contributed by atoms with Crippen LogP contribution in [0.5, 0.6) is 0 Å². The summed E-state index contributed by atoms with van der Waals surface area (Å²) in [4.78, 5) is 4.25. The molecule has 0 fully saturated rings. The Morgan fingerprint density at radius 3 is 2.76 bits per heavy atom. The molecule has 0 unspecified atom stereocenters. The molecule has 3 rings (SSSR count). The van der Waals surface area contributed by atoms with Gasteiger partial charge in [0.2, 0.25) is 0 Å². The van der Waals surface area contributed by atoms with Crippen molar-refractivity contribution in [3.8, 4) is 17.1 Å². The summed E-state index contributed by atoms with van der Waals surface area (Å²) < 4.78 is 14.7. The quantitative estimate of drug-likeness (QED) is 0.786. The zero-order valence-corrected chi connectivity index (χ0v) is 12.0. The Labute approximate surface area is 126 Å². The van der Waals surface area contributed by atoms with E-state index in [4.69, 9.17) is 17.3 Å². The standard InChI is InChI=1S/C15H12ClFN4/c1-9-4-5-19-14(6-9)21-8-13(18)15(20-21)11-3-2-10(17)7-12(11)16/h2-8H,18H2,1H3. The monoisotopic (exact) mass is 302 g/mol. The molecule has 0 aliphatic rings. The molecule has 3 aromatic rings. The van der Waals surface area contributed by atoms with Crippen LogP contribution in [0.25, 0.3) is 17.1 Å². The van der Waals surface area contributed by atoms with Gasteiger partial charge < -0.3 is 5.73 Å². The minimum atomic E-state index is -0.401. The molecule has 0 amide bonds. The molecular formula is C15H12ClFN4. The van der Waals surface area contributed by atoms with Gasteiger partial charge in [0.05, 0.1) is 16.9 Å². The van der Waals surface area contributed by atoms with E-state index in [-0.39, 0.29) is 5.02 Å². The molecule has 0 radical (unpaired) electrons. The number of nitrogen functional groups attached to an aromatic ring is 1. The molecule has 2 aromatic heterocycles. The van der Waals surface area contributed by atoms with Gasteiger partial charge in [-0.1, -0.05) is 11.6 Å². The molecule has 106 valence electrons. The van der Waals surface area contributed by atoms with E-state index in [1.165, 1.54) is 12.1 Å². The Bertz CT molecular complexity index is 813. The number of hydrogen-bond donors (Lipinski definition) is 1. The number of benzene rings is 1. The van der Waals surface area contributed by atoms with Gasteiger partial charge in [-0.25, -0.2) is 14.1 Å². The number of halogens is 2. The van der Waals surface area contributed by atoms with Gasteiger partial charge in [-0.05, 0) is 42.8 Å². The number of pyridine rings is 1. The predicted octanol–water partition coefficient (Wildman–Crippen LogP) is 3.62. The Morgan fingerprint density at radius 2 is 2.05 bits per heavy atom. The van der Waals surface area contributed by atoms with Gasteiger partial charge in [0.15, 0.2) is 5.82 Å². The lowest BCUT2D eigenvalue weighted by molar-refractivity contribution is 0.628. The smallest absolute Gasteiger partial charge is 0.153 e. The first-order chi connectivity index (χ1) is 10.0. The van der Waals surface area contributed by atoms with Gasteiger partial charge in [-0.3, -0.25) is 0 Å². The number of aromatic nitrogens is 3. The van der Waals surface area contributed by atoms with Gasteiger partial charge in [0.1, 0.15) is 11.5 Å². The van der Waals surface area contributed by atoms with Crippen molar-refractivity contribution in [2.75, 3.05) is 5.73 Å². The SMILES string of the molecule is Cc1ccnc(-n2cc(N)c(-c3ccc(F)cc3Cl)n2)c1. The molecule has 4 nitrogen and oxygen atoms in total. The van der Waals surface area contributed by atoms with Crippen LogP contribution in [0.15, 0.2) is 42.7 Å². The molecule has 0 saturated carbocycles. The Hall–Kier alpha value is -2.40. The second kappa shape index (κ2) is 5.18. The van der Waals surface area contributed by atoms with E-state index >= 15 is 0 Å². The number of rotatable bonds is 2. The lowest BCUT2D eigenvalue weighted by Crippen LogP contribution is -1.98. The number of aryl methyl sites for hydroxylation is 1. The number of nitrogens with zero attached hydrogens (tertiary/aromatic N) is 3. The van der Waals surface area contributed by atoms with E-state index in [9.17, 15) is 4.39 Å². The Balaban J connectivity index is 2.10. The molecule has 0 bridgehead atoms. The molecule has 21 heavy (non-hydrogen) atoms. The molecule has 0 aliphatic heterocycles. The second-order valence-corrected chi connectivity index (χ2v) is 5.10. The van der Waals surface area contributed by atoms with Crippen LogP contribution in [-0.2, 0) is 0 Å². The van der Waals surface area contributed by atoms with E-state index in [1.54, 1.807) is 23.1 Å². The number of hydrogen-bond acceptors (Lipinski definition) is 3. The summed E-state index contributed by atoms with van der Waals surface area (Å²) in [5.41, 5.74) is 8.60. The van der Waals surface area contributed by atoms with E-state index in [2.05, 4.69) is 10.1 Å². The third kappa shape index (κ3) is 2.60. The topological polar surface area (TPSA) is 56.7 Å². The minimum absolute atomic E-state index is 0.268. The average molecular weight is 303 g/mol. The molecule has 0 saturated heterocycles. The van der Waals surface area contributed by atoms with Gasteiger partial charge in [0.25, 0.3) is 0 Å². The van der Waals surface area contributed by atoms with Crippen molar-refractivity contribution in [3.63, 3.8) is 0 Å². The fourth-order valence-electron chi connectivity index (χ4n) is 2.04. The summed E-state index contributed by atoms with van der Waals surface area (Å²) in [7, 11) is 0. The van der Waals surface area contributed by atoms with Gasteiger partial charge >= 0.3 is 0 Å². The van der Waals surface area contributed by atoms with Crippen LogP contribution >= 0.6 is 11.6 Å². The molecule has 2 N–H and O–H groups in total. The summed E-state index contributed by atoms with van der Waals surface area (Å²) in [6, 6.07) is 7.91. The highest BCUT2D eigenvalue weighted by Gasteiger charge is 2.13. The van der Waals surface area contributed by atoms with Gasteiger partial charge in [0, 0.05) is 11.8 Å². The maximum absolute atomic E-state index is 13.1. The first kappa shape index (κ1) is 13.6. The largest absolute Gasteiger partial charge is 0.396 e. The van der Waals surface area contributed by atoms with Crippen LogP contribution in [0.3, 0.4) is 0 Å². The third-order valence-electron chi connectivity index (χ3n) is 3.06. The van der Waals surface area contributed by atoms with E-state index in [0.717, 1.165) is 5.56 Å². The lowest BCUT2D eigenvalue weighted by atomic mass is 10.1. The lowest BCUT2D eigenvalue weighted by Gasteiger charge is -2.02. The van der Waals surface area contributed by atoms with Gasteiger partial charge in [-0.2, -0.15) is 5.10 Å². The van der Waals surface area contributed by atoms with Crippen molar-refractivity contribution >= 4 is 17.3 Å². The zero-order chi connectivity index (χ0) is 15.0. The molecule has 2 heterocycles. The summed E-state index contributed by atoms with van der Waals surface area (Å²) >= 11 is 6.06. The summed E-state index contributed by atoms with van der Waals surface area (Å²) in [5.74, 6) is 0.258. The summed E-state index contributed by atoms with van der Waals surface area (Å²) in [6.07, 6.45) is 3.36. The summed E-state index contributed by atoms with van der Waals surface area (Å²) in [6.45, 7) is 1.97. The molecule has 6 heteroatoms. The Morgan fingerprint density at radius 1 is 1.24 bits per heavy atom. The fourth-order valence-corrected chi connectivity index (χ4v) is 2.30. The van der Waals surface area contributed by atoms with Gasteiger partial charge in [-0.15, -0.1) is 0 Å². The highest BCUT2D eigenvalue weighted by atomic mass is 35.5. The first-order valence-electron chi connectivity index (χ1n) is 6.28. The van der Waals surface area contributed by atoms with Crippen molar-refractivity contribution in [2.45, 2.75) is 6.92 Å². The first-order valence-corrected chi connectivity index (χ1v) is 6.66. The van der Waals surface area contributed by atoms with Crippen molar-refractivity contribution < 1.29 is 4.39 Å². The minimum Gasteiger partial charge on any atom is -0.396 e. The molecule has 0 aliphatic carbocycles. The molecule has 0 atom stereocenters. The van der Waals surface area contributed by atoms with Crippen molar-refractivity contribution in [1.82, 2.24) is 14.8 Å². The van der Waals surface area contributed by atoms with Crippen LogP contribution in [0.4, 0.5) is 10.1 Å². The highest BCUT2D eigenvalue weighted by Crippen LogP contribution is 2.31. The third-order valence-corrected chi connectivity index (χ3v) is 3.38. The normalized spacial score (nSPS) is 10.8. The zero-order valence-electron chi connectivity index (χ0n) is 11.2. The number of anilines is 1. The predicted molar refractivity (Wildman–Crippen MR) is 80.9 cm³/mol. The summed E-state index contributed by atoms with van der Waals surface area (Å²) in [5, 5.41) is 4.67. The molecule has 1 aromatic carbocycles.